The fourth-order valence-corrected chi connectivity index (χ4v) is 5.15. The number of anilines is 2. The van der Waals surface area contributed by atoms with Crippen LogP contribution in [0.5, 0.6) is 5.75 Å². The maximum Gasteiger partial charge on any atom is 0.255 e. The Morgan fingerprint density at radius 3 is 2.79 bits per heavy atom. The van der Waals surface area contributed by atoms with E-state index in [1.54, 1.807) is 36.7 Å². The van der Waals surface area contributed by atoms with Gasteiger partial charge in [0.25, 0.3) is 5.91 Å². The monoisotopic (exact) mass is 586 g/mol. The first-order chi connectivity index (χ1) is 20.5. The summed E-state index contributed by atoms with van der Waals surface area (Å²) in [4.78, 5) is 35.7. The molecule has 5 rings (SSSR count). The first-order valence-corrected chi connectivity index (χ1v) is 14.2. The Bertz CT molecular complexity index is 1550. The van der Waals surface area contributed by atoms with Crippen LogP contribution in [0.1, 0.15) is 41.9 Å². The molecule has 43 heavy (non-hydrogen) atoms. The smallest absolute Gasteiger partial charge is 0.255 e. The first-order valence-electron chi connectivity index (χ1n) is 14.2. The molecule has 0 aliphatic carbocycles. The van der Waals surface area contributed by atoms with Crippen molar-refractivity contribution in [2.75, 3.05) is 52.7 Å². The fraction of sp³-hybridized carbons (Fsp3) is 0.364. The van der Waals surface area contributed by atoms with Crippen LogP contribution in [0, 0.1) is 23.6 Å². The van der Waals surface area contributed by atoms with Crippen LogP contribution < -0.4 is 15.4 Å². The van der Waals surface area contributed by atoms with E-state index in [-0.39, 0.29) is 17.6 Å². The van der Waals surface area contributed by atoms with Gasteiger partial charge < -0.3 is 30.2 Å². The van der Waals surface area contributed by atoms with Crippen molar-refractivity contribution in [3.05, 3.63) is 71.4 Å². The van der Waals surface area contributed by atoms with E-state index in [4.69, 9.17) is 11.2 Å². The molecule has 3 aromatic rings. The third-order valence-electron chi connectivity index (χ3n) is 7.36. The summed E-state index contributed by atoms with van der Waals surface area (Å²) in [5.74, 6) is 2.12. The molecule has 3 N–H and O–H groups in total. The van der Waals surface area contributed by atoms with Gasteiger partial charge in [-0.2, -0.15) is 0 Å². The molecule has 226 valence electrons. The summed E-state index contributed by atoms with van der Waals surface area (Å²) in [5.41, 5.74) is 4.42. The van der Waals surface area contributed by atoms with Gasteiger partial charge in [-0.05, 0) is 44.1 Å². The van der Waals surface area contributed by atoms with E-state index in [0.29, 0.717) is 46.6 Å². The van der Waals surface area contributed by atoms with E-state index in [2.05, 4.69) is 40.4 Å². The summed E-state index contributed by atoms with van der Waals surface area (Å²) in [5, 5.41) is 6.02. The number of rotatable bonds is 7. The van der Waals surface area contributed by atoms with E-state index in [1.165, 1.54) is 13.2 Å². The summed E-state index contributed by atoms with van der Waals surface area (Å²) in [6.07, 6.45) is 14.2. The average molecular weight is 587 g/mol. The van der Waals surface area contributed by atoms with Crippen molar-refractivity contribution >= 4 is 23.2 Å². The van der Waals surface area contributed by atoms with Crippen molar-refractivity contribution in [3.8, 4) is 29.4 Å². The van der Waals surface area contributed by atoms with Crippen molar-refractivity contribution in [2.45, 2.75) is 26.7 Å². The zero-order valence-electron chi connectivity index (χ0n) is 25.4. The number of ether oxygens (including phenoxy) is 1. The van der Waals surface area contributed by atoms with Crippen LogP contribution in [0.3, 0.4) is 0 Å². The fourth-order valence-electron chi connectivity index (χ4n) is 5.15. The Morgan fingerprint density at radius 1 is 1.33 bits per heavy atom. The van der Waals surface area contributed by atoms with Crippen LogP contribution in [-0.4, -0.2) is 79.0 Å². The van der Waals surface area contributed by atoms with Gasteiger partial charge in [-0.15, -0.1) is 6.42 Å². The molecule has 0 saturated carbocycles. The molecule has 9 nitrogen and oxygen atoms in total. The number of nitrogens with one attached hydrogen (secondary N) is 3. The number of terminal acetylenes is 1. The second-order valence-electron chi connectivity index (χ2n) is 11.6. The van der Waals surface area contributed by atoms with Crippen LogP contribution in [0.25, 0.3) is 11.3 Å². The number of aromatic nitrogens is 2. The maximum absolute atomic E-state index is 14.2. The number of pyridine rings is 1. The zero-order chi connectivity index (χ0) is 31.1. The minimum atomic E-state index is -0.504. The number of fused-ring (bicyclic) bond motifs is 1. The average Bonchev–Trinajstić information content (AvgIpc) is 3.53. The molecule has 1 fully saturated rings. The number of carbonyl (C=O) groups is 2. The first kappa shape index (κ1) is 31.3. The lowest BCUT2D eigenvalue weighted by atomic mass is 9.93. The number of likely N-dealkylation sites (tertiary alicyclic amines) is 1. The predicted octanol–water partition coefficient (Wildman–Crippen LogP) is 4.60. The van der Waals surface area contributed by atoms with Crippen LogP contribution in [-0.2, 0) is 11.2 Å². The molecule has 2 amide bonds. The number of H-pyrrole nitrogens is 1. The SMILES string of the molecule is C#Cc1cnccc1-c1[nH]c2c(c1Nc1cccc(F)c1OC)C(=O)NCC2.CN(C)C/C=C/C(=O)N1CCC(C)(C)C1. The van der Waals surface area contributed by atoms with Crippen molar-refractivity contribution in [1.29, 1.82) is 0 Å². The normalized spacial score (nSPS) is 15.4. The van der Waals surface area contributed by atoms with Crippen LogP contribution in [0.15, 0.2) is 48.8 Å². The molecular weight excluding hydrogens is 547 g/mol. The highest BCUT2D eigenvalue weighted by Crippen LogP contribution is 2.40. The largest absolute Gasteiger partial charge is 0.492 e. The van der Waals surface area contributed by atoms with Gasteiger partial charge in [0, 0.05) is 62.3 Å². The number of amides is 2. The zero-order valence-corrected chi connectivity index (χ0v) is 25.4. The molecule has 0 bridgehead atoms. The molecule has 0 radical (unpaired) electrons. The number of methoxy groups -OCH3 is 1. The number of hydrogen-bond donors (Lipinski definition) is 3. The van der Waals surface area contributed by atoms with E-state index >= 15 is 0 Å². The van der Waals surface area contributed by atoms with Crippen LogP contribution >= 0.6 is 0 Å². The van der Waals surface area contributed by atoms with E-state index < -0.39 is 5.82 Å². The van der Waals surface area contributed by atoms with Crippen LogP contribution in [0.4, 0.5) is 15.8 Å². The minimum Gasteiger partial charge on any atom is -0.492 e. The Balaban J connectivity index is 0.000000239. The molecule has 10 heteroatoms. The van der Waals surface area contributed by atoms with Crippen molar-refractivity contribution < 1.29 is 18.7 Å². The lowest BCUT2D eigenvalue weighted by molar-refractivity contribution is -0.125. The van der Waals surface area contributed by atoms with Gasteiger partial charge >= 0.3 is 0 Å². The van der Waals surface area contributed by atoms with Gasteiger partial charge in [-0.25, -0.2) is 4.39 Å². The highest BCUT2D eigenvalue weighted by atomic mass is 19.1. The quantitative estimate of drug-likeness (QED) is 0.276. The second kappa shape index (κ2) is 13.6. The topological polar surface area (TPSA) is 103 Å². The molecule has 0 atom stereocenters. The molecular formula is C33H39FN6O3. The molecule has 2 aromatic heterocycles. The number of hydrogen-bond acceptors (Lipinski definition) is 6. The van der Waals surface area contributed by atoms with Crippen LogP contribution in [0.2, 0.25) is 0 Å². The Kier molecular flexibility index (Phi) is 9.88. The Hall–Kier alpha value is -4.62. The standard InChI is InChI=1S/C21H17FN4O2.C12H22N2O/c1-3-12-11-23-9-7-13(12)18-19(17-15(25-18)8-10-24-21(17)27)26-16-6-4-5-14(22)20(16)28-2;1-12(2)7-9-14(10-12)11(15)6-5-8-13(3)4/h1,4-7,9,11,25-26H,8,10H2,2H3,(H,24,27);5-6H,7-10H2,1-4H3/b;6-5+. The van der Waals surface area contributed by atoms with E-state index in [1.807, 2.05) is 30.0 Å². The molecule has 0 unspecified atom stereocenters. The summed E-state index contributed by atoms with van der Waals surface area (Å²) in [6, 6.07) is 6.33. The van der Waals surface area contributed by atoms with E-state index in [9.17, 15) is 14.0 Å². The molecule has 2 aliphatic rings. The maximum atomic E-state index is 14.2. The number of aromatic amines is 1. The molecule has 4 heterocycles. The summed E-state index contributed by atoms with van der Waals surface area (Å²) in [6.45, 7) is 7.57. The number of para-hydroxylation sites is 1. The molecule has 1 saturated heterocycles. The third-order valence-corrected chi connectivity index (χ3v) is 7.36. The van der Waals surface area contributed by atoms with E-state index in [0.717, 1.165) is 37.3 Å². The number of carbonyl (C=O) groups excluding carboxylic acids is 2. The number of benzene rings is 1. The van der Waals surface area contributed by atoms with Gasteiger partial charge in [-0.3, -0.25) is 14.6 Å². The van der Waals surface area contributed by atoms with Gasteiger partial charge in [0.15, 0.2) is 11.6 Å². The third kappa shape index (κ3) is 7.43. The summed E-state index contributed by atoms with van der Waals surface area (Å²) >= 11 is 0. The van der Waals surface area contributed by atoms with Gasteiger partial charge in [0.2, 0.25) is 5.91 Å². The Morgan fingerprint density at radius 2 is 2.12 bits per heavy atom. The number of likely N-dealkylation sites (N-methyl/N-ethyl adjacent to an activating group) is 1. The van der Waals surface area contributed by atoms with Crippen molar-refractivity contribution in [1.82, 2.24) is 25.1 Å². The lowest BCUT2D eigenvalue weighted by Crippen LogP contribution is -2.31. The molecule has 0 spiro atoms. The summed E-state index contributed by atoms with van der Waals surface area (Å²) in [7, 11) is 5.38. The number of nitrogens with zero attached hydrogens (tertiary/aromatic N) is 3. The van der Waals surface area contributed by atoms with Gasteiger partial charge in [0.1, 0.15) is 0 Å². The predicted molar refractivity (Wildman–Crippen MR) is 167 cm³/mol. The van der Waals surface area contributed by atoms with Gasteiger partial charge in [-0.1, -0.05) is 31.9 Å². The van der Waals surface area contributed by atoms with Gasteiger partial charge in [0.05, 0.1) is 35.3 Å². The second-order valence-corrected chi connectivity index (χ2v) is 11.6. The molecule has 1 aromatic carbocycles. The Labute approximate surface area is 252 Å². The molecule has 2 aliphatic heterocycles. The van der Waals surface area contributed by atoms with Crippen molar-refractivity contribution in [3.63, 3.8) is 0 Å². The number of halogens is 1. The minimum absolute atomic E-state index is 0.0616. The highest BCUT2D eigenvalue weighted by Gasteiger charge is 2.31. The lowest BCUT2D eigenvalue weighted by Gasteiger charge is -2.18. The van der Waals surface area contributed by atoms with Crippen molar-refractivity contribution in [2.24, 2.45) is 5.41 Å². The summed E-state index contributed by atoms with van der Waals surface area (Å²) < 4.78 is 19.3. The highest BCUT2D eigenvalue weighted by molar-refractivity contribution is 6.06.